The molecular weight excluding hydrogens is 560 g/mol. The van der Waals surface area contributed by atoms with E-state index in [4.69, 9.17) is 5.11 Å². The summed E-state index contributed by atoms with van der Waals surface area (Å²) in [6, 6.07) is 0.0642. The summed E-state index contributed by atoms with van der Waals surface area (Å²) < 4.78 is 85.4. The fourth-order valence-electron chi connectivity index (χ4n) is 4.56. The predicted molar refractivity (Wildman–Crippen MR) is 135 cm³/mol. The smallest absolute Gasteiger partial charge is 0.395 e. The van der Waals surface area contributed by atoms with Crippen LogP contribution in [-0.4, -0.2) is 70.0 Å². The fraction of sp³-hybridized carbons (Fsp3) is 0.385. The van der Waals surface area contributed by atoms with Gasteiger partial charge in [-0.2, -0.15) is 13.2 Å². The van der Waals surface area contributed by atoms with E-state index in [-0.39, 0.29) is 32.1 Å². The van der Waals surface area contributed by atoms with Gasteiger partial charge in [0.25, 0.3) is 5.91 Å². The molecule has 1 aliphatic heterocycles. The van der Waals surface area contributed by atoms with Crippen LogP contribution >= 0.6 is 0 Å². The molecule has 9 nitrogen and oxygen atoms in total. The number of nitrogens with one attached hydrogen (secondary N) is 1. The number of carbonyl (C=O) groups excluding carboxylic acids is 2. The van der Waals surface area contributed by atoms with Crippen LogP contribution in [0.3, 0.4) is 0 Å². The maximum absolute atomic E-state index is 14.9. The molecule has 0 bridgehead atoms. The largest absolute Gasteiger partial charge is 0.409 e. The van der Waals surface area contributed by atoms with Crippen LogP contribution < -0.4 is 15.6 Å². The zero-order chi connectivity index (χ0) is 30.4. The Bertz CT molecular complexity index is 1550. The molecule has 4 rings (SSSR count). The van der Waals surface area contributed by atoms with Gasteiger partial charge in [-0.15, -0.1) is 0 Å². The molecule has 0 spiro atoms. The molecule has 3 amide bonds. The molecule has 0 aliphatic carbocycles. The van der Waals surface area contributed by atoms with Crippen molar-refractivity contribution >= 4 is 28.8 Å². The van der Waals surface area contributed by atoms with Crippen LogP contribution in [0, 0.1) is 22.9 Å². The molecule has 1 saturated heterocycles. The third kappa shape index (κ3) is 5.71. The quantitative estimate of drug-likeness (QED) is 0.429. The minimum atomic E-state index is -4.90. The van der Waals surface area contributed by atoms with Gasteiger partial charge in [-0.3, -0.25) is 19.1 Å². The highest BCUT2D eigenvalue weighted by molar-refractivity contribution is 5.98. The molecule has 2 N–H and O–H groups in total. The number of anilines is 1. The Morgan fingerprint density at radius 2 is 1.71 bits per heavy atom. The number of pyridine rings is 2. The van der Waals surface area contributed by atoms with E-state index >= 15 is 0 Å². The number of benzene rings is 1. The maximum atomic E-state index is 14.9. The number of alkyl halides is 3. The van der Waals surface area contributed by atoms with Crippen LogP contribution in [-0.2, 0) is 0 Å². The number of aliphatic hydroxyl groups excluding tert-OH is 1. The topological polar surface area (TPSA) is 108 Å². The van der Waals surface area contributed by atoms with Gasteiger partial charge in [0.2, 0.25) is 5.43 Å². The number of nitrogens with zero attached hydrogens (tertiary/aromatic N) is 4. The second kappa shape index (κ2) is 10.7. The second-order valence-corrected chi connectivity index (χ2v) is 10.5. The van der Waals surface area contributed by atoms with Crippen LogP contribution in [0.25, 0.3) is 16.7 Å². The average Bonchev–Trinajstić information content (AvgIpc) is 3.21. The first-order valence-electron chi connectivity index (χ1n) is 12.3. The highest BCUT2D eigenvalue weighted by Gasteiger charge is 2.48. The van der Waals surface area contributed by atoms with Crippen molar-refractivity contribution in [3.05, 3.63) is 63.7 Å². The van der Waals surface area contributed by atoms with Crippen molar-refractivity contribution < 1.29 is 41.0 Å². The van der Waals surface area contributed by atoms with Gasteiger partial charge >= 0.3 is 12.2 Å². The van der Waals surface area contributed by atoms with Crippen molar-refractivity contribution in [1.82, 2.24) is 19.8 Å². The average molecular weight is 586 g/mol. The summed E-state index contributed by atoms with van der Waals surface area (Å²) in [4.78, 5) is 45.9. The number of carbonyl (C=O) groups is 2. The van der Waals surface area contributed by atoms with Gasteiger partial charge in [0.15, 0.2) is 17.3 Å². The molecule has 1 aliphatic rings. The zero-order valence-electron chi connectivity index (χ0n) is 22.0. The van der Waals surface area contributed by atoms with Crippen molar-refractivity contribution in [3.63, 3.8) is 0 Å². The first kappa shape index (κ1) is 29.8. The van der Waals surface area contributed by atoms with E-state index in [1.54, 1.807) is 5.32 Å². The minimum Gasteiger partial charge on any atom is -0.395 e. The van der Waals surface area contributed by atoms with E-state index in [1.165, 1.54) is 36.6 Å². The first-order valence-corrected chi connectivity index (χ1v) is 12.3. The van der Waals surface area contributed by atoms with Crippen molar-refractivity contribution in [2.45, 2.75) is 33.0 Å². The molecule has 2 aromatic heterocycles. The number of β-amino-alcohol motifs (C(OH)–C–C–N with tert-alkyl or cyclic N) is 1. The van der Waals surface area contributed by atoms with E-state index in [9.17, 15) is 40.7 Å². The van der Waals surface area contributed by atoms with Gasteiger partial charge in [-0.25, -0.2) is 22.9 Å². The summed E-state index contributed by atoms with van der Waals surface area (Å²) in [6.07, 6.45) is -4.28. The number of hydrogen-bond acceptors (Lipinski definition) is 5. The fourth-order valence-corrected chi connectivity index (χ4v) is 4.56. The lowest BCUT2D eigenvalue weighted by atomic mass is 9.86. The zero-order valence-corrected chi connectivity index (χ0v) is 22.0. The van der Waals surface area contributed by atoms with Crippen LogP contribution in [0.1, 0.15) is 31.1 Å². The number of hydrogen-bond donors (Lipinski definition) is 2. The number of halogens is 6. The Balaban J connectivity index is 1.93. The van der Waals surface area contributed by atoms with Crippen LogP contribution in [0.5, 0.6) is 0 Å². The lowest BCUT2D eigenvalue weighted by Gasteiger charge is -2.33. The number of urea groups is 1. The Morgan fingerprint density at radius 1 is 1.07 bits per heavy atom. The van der Waals surface area contributed by atoms with Crippen LogP contribution in [0.2, 0.25) is 0 Å². The summed E-state index contributed by atoms with van der Waals surface area (Å²) >= 11 is 0. The molecule has 0 unspecified atom stereocenters. The highest BCUT2D eigenvalue weighted by atomic mass is 19.4. The standard InChI is InChI=1S/C26H25F6N5O4/c1-25(2,3)23(26(30,31)32)34-22(40)15-12-37(19-16(28)10-13(27)11-17(19)29)21-14(20(15)39)4-5-18(33-21)36-7-6-35(8-9-38)24(36)41/h4-5,10-12,23,38H,6-9H2,1-3H3,(H,34,40)/t23-/m1/s1. The van der Waals surface area contributed by atoms with E-state index in [0.717, 1.165) is 6.07 Å². The third-order valence-electron chi connectivity index (χ3n) is 6.51. The second-order valence-electron chi connectivity index (χ2n) is 10.5. The SMILES string of the molecule is CC(C)(C)[C@@H](NC(=O)c1cn(-c2c(F)cc(F)cc2F)c2nc(N3CCN(CCO)C3=O)ccc2c1=O)C(F)(F)F. The molecule has 1 aromatic carbocycles. The minimum absolute atomic E-state index is 0.0333. The van der Waals surface area contributed by atoms with Crippen LogP contribution in [0.15, 0.2) is 35.3 Å². The molecule has 0 radical (unpaired) electrons. The summed E-state index contributed by atoms with van der Waals surface area (Å²) in [5, 5.41) is 10.5. The summed E-state index contributed by atoms with van der Waals surface area (Å²) in [5.41, 5.74) is -4.93. The molecule has 1 atom stereocenters. The molecule has 220 valence electrons. The van der Waals surface area contributed by atoms with Gasteiger partial charge in [0, 0.05) is 38.0 Å². The van der Waals surface area contributed by atoms with Crippen LogP contribution in [0.4, 0.5) is 37.0 Å². The summed E-state index contributed by atoms with van der Waals surface area (Å²) in [6.45, 7) is 3.74. The van der Waals surface area contributed by atoms with Gasteiger partial charge in [-0.1, -0.05) is 20.8 Å². The lowest BCUT2D eigenvalue weighted by molar-refractivity contribution is -0.174. The monoisotopic (exact) mass is 585 g/mol. The van der Waals surface area contributed by atoms with E-state index in [2.05, 4.69) is 4.98 Å². The molecule has 3 aromatic rings. The van der Waals surface area contributed by atoms with Crippen molar-refractivity contribution in [2.24, 2.45) is 5.41 Å². The van der Waals surface area contributed by atoms with Crippen molar-refractivity contribution in [1.29, 1.82) is 0 Å². The Hall–Kier alpha value is -4.14. The van der Waals surface area contributed by atoms with Gasteiger partial charge < -0.3 is 15.3 Å². The number of fused-ring (bicyclic) bond motifs is 1. The molecule has 41 heavy (non-hydrogen) atoms. The number of aliphatic hydroxyl groups is 1. The van der Waals surface area contributed by atoms with E-state index in [0.29, 0.717) is 22.9 Å². The van der Waals surface area contributed by atoms with Crippen molar-refractivity contribution in [2.75, 3.05) is 31.1 Å². The number of aromatic nitrogens is 2. The third-order valence-corrected chi connectivity index (χ3v) is 6.51. The van der Waals surface area contributed by atoms with Gasteiger partial charge in [0.05, 0.1) is 12.0 Å². The maximum Gasteiger partial charge on any atom is 0.409 e. The van der Waals surface area contributed by atoms with Gasteiger partial charge in [0.1, 0.15) is 28.9 Å². The Kier molecular flexibility index (Phi) is 7.78. The normalized spacial score (nSPS) is 15.1. The van der Waals surface area contributed by atoms with E-state index < -0.39 is 74.7 Å². The molecular formula is C26H25F6N5O4. The molecule has 15 heteroatoms. The molecule has 3 heterocycles. The highest BCUT2D eigenvalue weighted by Crippen LogP contribution is 2.33. The van der Waals surface area contributed by atoms with Crippen molar-refractivity contribution in [3.8, 4) is 5.69 Å². The van der Waals surface area contributed by atoms with E-state index in [1.807, 2.05) is 0 Å². The lowest BCUT2D eigenvalue weighted by Crippen LogP contribution is -2.53. The summed E-state index contributed by atoms with van der Waals surface area (Å²) in [7, 11) is 0. The Labute approximate surface area is 229 Å². The Morgan fingerprint density at radius 3 is 2.27 bits per heavy atom. The number of rotatable bonds is 6. The summed E-state index contributed by atoms with van der Waals surface area (Å²) in [5.74, 6) is -5.71. The predicted octanol–water partition coefficient (Wildman–Crippen LogP) is 3.74. The van der Waals surface area contributed by atoms with Gasteiger partial charge in [-0.05, 0) is 17.5 Å². The first-order chi connectivity index (χ1) is 19.0. The number of amides is 3. The molecule has 0 saturated carbocycles. The molecule has 1 fully saturated rings.